The van der Waals surface area contributed by atoms with E-state index in [2.05, 4.69) is 4.74 Å². The molecule has 16 heavy (non-hydrogen) atoms. The summed E-state index contributed by atoms with van der Waals surface area (Å²) in [6.07, 6.45) is -4.17. The lowest BCUT2D eigenvalue weighted by Gasteiger charge is -2.12. The lowest BCUT2D eigenvalue weighted by Crippen LogP contribution is -2.19. The van der Waals surface area contributed by atoms with Crippen molar-refractivity contribution in [1.82, 2.24) is 0 Å². The number of hydrogen-bond acceptors (Lipinski definition) is 2. The van der Waals surface area contributed by atoms with Crippen LogP contribution < -0.4 is 4.74 Å². The van der Waals surface area contributed by atoms with Crippen molar-refractivity contribution in [2.45, 2.75) is 6.18 Å². The highest BCUT2D eigenvalue weighted by Gasteiger charge is 2.29. The maximum Gasteiger partial charge on any atom is 0.422 e. The first-order valence-corrected chi connectivity index (χ1v) is 4.73. The summed E-state index contributed by atoms with van der Waals surface area (Å²) in [5.74, 6) is -0.321. The molecule has 2 nitrogen and oxygen atoms in total. The quantitative estimate of drug-likeness (QED) is 0.784. The van der Waals surface area contributed by atoms with Gasteiger partial charge in [-0.2, -0.15) is 13.2 Å². The summed E-state index contributed by atoms with van der Waals surface area (Å²) >= 11 is 11.2. The number of carbonyl (C=O) groups is 1. The van der Waals surface area contributed by atoms with Gasteiger partial charge in [0.25, 0.3) is 0 Å². The Morgan fingerprint density at radius 3 is 2.44 bits per heavy atom. The molecule has 1 aromatic carbocycles. The molecule has 0 aliphatic rings. The van der Waals surface area contributed by atoms with Crippen LogP contribution in [0.1, 0.15) is 10.4 Å². The minimum Gasteiger partial charge on any atom is -0.482 e. The minimum absolute atomic E-state index is 0.123. The number of alkyl halides is 3. The number of benzene rings is 1. The third-order valence-electron chi connectivity index (χ3n) is 1.54. The molecule has 0 radical (unpaired) electrons. The standard InChI is InChI=1S/C9H5Cl2F3O2/c10-6-1-5(3-15)8(7(11)2-6)16-4-9(12,13)14/h1-3H,4H2. The van der Waals surface area contributed by atoms with Gasteiger partial charge in [0, 0.05) is 5.02 Å². The fraction of sp³-hybridized carbons (Fsp3) is 0.222. The van der Waals surface area contributed by atoms with Crippen molar-refractivity contribution in [3.8, 4) is 5.75 Å². The van der Waals surface area contributed by atoms with E-state index in [0.717, 1.165) is 0 Å². The first-order chi connectivity index (χ1) is 7.33. The Bertz CT molecular complexity index is 404. The molecule has 0 aromatic heterocycles. The summed E-state index contributed by atoms with van der Waals surface area (Å²) < 4.78 is 40.1. The SMILES string of the molecule is O=Cc1cc(Cl)cc(Cl)c1OCC(F)(F)F. The molecule has 1 aromatic rings. The molecule has 0 saturated heterocycles. The Hall–Kier alpha value is -0.940. The van der Waals surface area contributed by atoms with Crippen molar-refractivity contribution < 1.29 is 22.7 Å². The third kappa shape index (κ3) is 3.57. The van der Waals surface area contributed by atoms with Crippen LogP contribution in [-0.4, -0.2) is 19.1 Å². The molecule has 1 rings (SSSR count). The van der Waals surface area contributed by atoms with Crippen LogP contribution in [0, 0.1) is 0 Å². The van der Waals surface area contributed by atoms with Gasteiger partial charge < -0.3 is 4.74 Å². The van der Waals surface area contributed by atoms with Gasteiger partial charge in [0.05, 0.1) is 10.6 Å². The molecule has 0 fully saturated rings. The zero-order valence-corrected chi connectivity index (χ0v) is 9.16. The smallest absolute Gasteiger partial charge is 0.422 e. The average molecular weight is 273 g/mol. The van der Waals surface area contributed by atoms with Crippen LogP contribution in [0.2, 0.25) is 10.0 Å². The summed E-state index contributed by atoms with van der Waals surface area (Å²) in [5, 5.41) is 0.00492. The number of halogens is 5. The van der Waals surface area contributed by atoms with Crippen LogP contribution in [0.15, 0.2) is 12.1 Å². The Labute approximate surface area is 98.9 Å². The minimum atomic E-state index is -4.50. The van der Waals surface area contributed by atoms with Crippen molar-refractivity contribution in [1.29, 1.82) is 0 Å². The second kappa shape index (κ2) is 4.93. The second-order valence-corrected chi connectivity index (χ2v) is 3.67. The van der Waals surface area contributed by atoms with Gasteiger partial charge in [-0.15, -0.1) is 0 Å². The van der Waals surface area contributed by atoms with E-state index in [1.54, 1.807) is 0 Å². The predicted octanol–water partition coefficient (Wildman–Crippen LogP) is 3.75. The third-order valence-corrected chi connectivity index (χ3v) is 2.04. The van der Waals surface area contributed by atoms with Crippen LogP contribution in [0.4, 0.5) is 13.2 Å². The van der Waals surface area contributed by atoms with E-state index in [4.69, 9.17) is 23.2 Å². The van der Waals surface area contributed by atoms with Crippen LogP contribution in [0.25, 0.3) is 0 Å². The molecule has 0 N–H and O–H groups in total. The molecular weight excluding hydrogens is 268 g/mol. The fourth-order valence-electron chi connectivity index (χ4n) is 0.974. The predicted molar refractivity (Wildman–Crippen MR) is 53.4 cm³/mol. The molecule has 0 spiro atoms. The Morgan fingerprint density at radius 2 is 1.94 bits per heavy atom. The molecule has 0 heterocycles. The number of hydrogen-bond donors (Lipinski definition) is 0. The molecule has 0 saturated carbocycles. The lowest BCUT2D eigenvalue weighted by molar-refractivity contribution is -0.153. The van der Waals surface area contributed by atoms with Crippen LogP contribution in [-0.2, 0) is 0 Å². The number of carbonyl (C=O) groups excluding carboxylic acids is 1. The molecule has 88 valence electrons. The summed E-state index contributed by atoms with van der Waals surface area (Å²) in [5.41, 5.74) is -0.123. The first-order valence-electron chi connectivity index (χ1n) is 3.97. The maximum absolute atomic E-state index is 11.9. The van der Waals surface area contributed by atoms with Crippen molar-refractivity contribution in [2.24, 2.45) is 0 Å². The fourth-order valence-corrected chi connectivity index (χ4v) is 1.54. The van der Waals surface area contributed by atoms with E-state index in [9.17, 15) is 18.0 Å². The highest BCUT2D eigenvalue weighted by molar-refractivity contribution is 6.36. The van der Waals surface area contributed by atoms with Crippen LogP contribution in [0.5, 0.6) is 5.75 Å². The van der Waals surface area contributed by atoms with Gasteiger partial charge in [-0.25, -0.2) is 0 Å². The first kappa shape index (κ1) is 13.1. The van der Waals surface area contributed by atoms with Gasteiger partial charge in [-0.3, -0.25) is 4.79 Å². The summed E-state index contributed by atoms with van der Waals surface area (Å²) in [7, 11) is 0. The molecule has 0 aliphatic carbocycles. The summed E-state index contributed by atoms with van der Waals surface area (Å²) in [6, 6.07) is 2.37. The zero-order valence-electron chi connectivity index (χ0n) is 7.65. The second-order valence-electron chi connectivity index (χ2n) is 2.83. The number of aldehydes is 1. The van der Waals surface area contributed by atoms with E-state index in [1.807, 2.05) is 0 Å². The largest absolute Gasteiger partial charge is 0.482 e. The van der Waals surface area contributed by atoms with Gasteiger partial charge in [0.15, 0.2) is 12.9 Å². The number of rotatable bonds is 3. The van der Waals surface area contributed by atoms with Crippen LogP contribution >= 0.6 is 23.2 Å². The van der Waals surface area contributed by atoms with E-state index < -0.39 is 12.8 Å². The van der Waals surface area contributed by atoms with Crippen molar-refractivity contribution in [3.63, 3.8) is 0 Å². The molecule has 0 aliphatic heterocycles. The molecular formula is C9H5Cl2F3O2. The monoisotopic (exact) mass is 272 g/mol. The van der Waals surface area contributed by atoms with Gasteiger partial charge in [0.2, 0.25) is 0 Å². The van der Waals surface area contributed by atoms with Gasteiger partial charge >= 0.3 is 6.18 Å². The highest BCUT2D eigenvalue weighted by Crippen LogP contribution is 2.32. The van der Waals surface area contributed by atoms with Crippen molar-refractivity contribution >= 4 is 29.5 Å². The van der Waals surface area contributed by atoms with Gasteiger partial charge in [0.1, 0.15) is 5.75 Å². The molecule has 7 heteroatoms. The molecule has 0 unspecified atom stereocenters. The Balaban J connectivity index is 2.99. The Morgan fingerprint density at radius 1 is 1.31 bits per heavy atom. The van der Waals surface area contributed by atoms with E-state index in [-0.39, 0.29) is 21.4 Å². The van der Waals surface area contributed by atoms with Crippen LogP contribution in [0.3, 0.4) is 0 Å². The molecule has 0 bridgehead atoms. The summed E-state index contributed by atoms with van der Waals surface area (Å²) in [6.45, 7) is -1.52. The maximum atomic E-state index is 11.9. The molecule has 0 atom stereocenters. The highest BCUT2D eigenvalue weighted by atomic mass is 35.5. The van der Waals surface area contributed by atoms with E-state index in [0.29, 0.717) is 6.29 Å². The normalized spacial score (nSPS) is 11.3. The summed E-state index contributed by atoms with van der Waals surface area (Å²) in [4.78, 5) is 10.6. The van der Waals surface area contributed by atoms with E-state index in [1.165, 1.54) is 12.1 Å². The van der Waals surface area contributed by atoms with Crippen molar-refractivity contribution in [2.75, 3.05) is 6.61 Å². The Kier molecular flexibility index (Phi) is 4.04. The average Bonchev–Trinajstić information content (AvgIpc) is 2.13. The topological polar surface area (TPSA) is 26.3 Å². The lowest BCUT2D eigenvalue weighted by atomic mass is 10.2. The van der Waals surface area contributed by atoms with E-state index >= 15 is 0 Å². The van der Waals surface area contributed by atoms with Gasteiger partial charge in [-0.05, 0) is 12.1 Å². The molecule has 0 amide bonds. The number of ether oxygens (including phenoxy) is 1. The van der Waals surface area contributed by atoms with Gasteiger partial charge in [-0.1, -0.05) is 23.2 Å². The zero-order chi connectivity index (χ0) is 12.3. The van der Waals surface area contributed by atoms with Crippen molar-refractivity contribution in [3.05, 3.63) is 27.7 Å².